The Hall–Kier alpha value is -0.180. The van der Waals surface area contributed by atoms with Gasteiger partial charge < -0.3 is 4.90 Å². The van der Waals surface area contributed by atoms with Gasteiger partial charge in [0.1, 0.15) is 0 Å². The molecule has 1 heterocycles. The van der Waals surface area contributed by atoms with Gasteiger partial charge in [-0.25, -0.2) is 0 Å². The summed E-state index contributed by atoms with van der Waals surface area (Å²) >= 11 is 4.17. The van der Waals surface area contributed by atoms with E-state index >= 15 is 0 Å². The number of hydrogen-bond donors (Lipinski definition) is 1. The Balaban J connectivity index is 2.39. The molecular weight excluding hydrogens is 194 g/mol. The zero-order chi connectivity index (χ0) is 10.4. The molecule has 0 aromatic carbocycles. The smallest absolute Gasteiger partial charge is 0.222 e. The predicted octanol–water partition coefficient (Wildman–Crippen LogP) is 2.35. The molecule has 3 heteroatoms. The number of hydrogen-bond acceptors (Lipinski definition) is 2. The highest BCUT2D eigenvalue weighted by Crippen LogP contribution is 2.20. The Morgan fingerprint density at radius 3 is 2.93 bits per heavy atom. The van der Waals surface area contributed by atoms with Crippen LogP contribution in [0.25, 0.3) is 0 Å². The molecule has 0 saturated carbocycles. The van der Waals surface area contributed by atoms with Crippen LogP contribution < -0.4 is 0 Å². The highest BCUT2D eigenvalue weighted by atomic mass is 32.1. The second kappa shape index (κ2) is 6.33. The molecule has 1 unspecified atom stereocenters. The van der Waals surface area contributed by atoms with Crippen molar-refractivity contribution in [1.82, 2.24) is 4.90 Å². The fourth-order valence-electron chi connectivity index (χ4n) is 2.00. The molecule has 14 heavy (non-hydrogen) atoms. The van der Waals surface area contributed by atoms with Crippen molar-refractivity contribution in [2.75, 3.05) is 18.8 Å². The first-order valence-corrected chi connectivity index (χ1v) is 6.29. The third-order valence-electron chi connectivity index (χ3n) is 3.09. The van der Waals surface area contributed by atoms with Crippen molar-refractivity contribution in [3.05, 3.63) is 0 Å². The van der Waals surface area contributed by atoms with Gasteiger partial charge in [0.2, 0.25) is 5.91 Å². The second-order valence-electron chi connectivity index (χ2n) is 4.06. The van der Waals surface area contributed by atoms with Crippen molar-refractivity contribution in [2.24, 2.45) is 5.92 Å². The standard InChI is InChI=1S/C11H21NOS/c1-2-10-4-5-11(13)12(8-6-10)7-3-9-14/h10,14H,2-9H2,1H3. The quantitative estimate of drug-likeness (QED) is 0.714. The van der Waals surface area contributed by atoms with Gasteiger partial charge in [-0.05, 0) is 30.9 Å². The summed E-state index contributed by atoms with van der Waals surface area (Å²) in [5.74, 6) is 1.99. The second-order valence-corrected chi connectivity index (χ2v) is 4.51. The van der Waals surface area contributed by atoms with E-state index in [-0.39, 0.29) is 0 Å². The minimum absolute atomic E-state index is 0.350. The van der Waals surface area contributed by atoms with Crippen LogP contribution in [-0.4, -0.2) is 29.6 Å². The Labute approximate surface area is 92.5 Å². The molecule has 1 rings (SSSR count). The van der Waals surface area contributed by atoms with E-state index < -0.39 is 0 Å². The van der Waals surface area contributed by atoms with Crippen LogP contribution in [0.5, 0.6) is 0 Å². The lowest BCUT2D eigenvalue weighted by molar-refractivity contribution is -0.130. The van der Waals surface area contributed by atoms with Crippen LogP contribution in [0, 0.1) is 5.92 Å². The van der Waals surface area contributed by atoms with Crippen molar-refractivity contribution in [2.45, 2.75) is 39.0 Å². The number of amides is 1. The third kappa shape index (κ3) is 3.52. The van der Waals surface area contributed by atoms with Crippen molar-refractivity contribution < 1.29 is 4.79 Å². The van der Waals surface area contributed by atoms with Gasteiger partial charge in [0.05, 0.1) is 0 Å². The largest absolute Gasteiger partial charge is 0.343 e. The molecule has 0 radical (unpaired) electrons. The number of nitrogens with zero attached hydrogens (tertiary/aromatic N) is 1. The summed E-state index contributed by atoms with van der Waals surface area (Å²) < 4.78 is 0. The summed E-state index contributed by atoms with van der Waals surface area (Å²) in [5.41, 5.74) is 0. The highest BCUT2D eigenvalue weighted by molar-refractivity contribution is 7.80. The summed E-state index contributed by atoms with van der Waals surface area (Å²) in [6.45, 7) is 4.09. The molecule has 0 aliphatic carbocycles. The molecule has 0 aromatic rings. The first kappa shape index (κ1) is 11.9. The van der Waals surface area contributed by atoms with Gasteiger partial charge in [0, 0.05) is 19.5 Å². The zero-order valence-electron chi connectivity index (χ0n) is 9.04. The topological polar surface area (TPSA) is 20.3 Å². The fraction of sp³-hybridized carbons (Fsp3) is 0.909. The van der Waals surface area contributed by atoms with Crippen LogP contribution in [0.15, 0.2) is 0 Å². The van der Waals surface area contributed by atoms with Crippen LogP contribution in [0.2, 0.25) is 0 Å². The minimum atomic E-state index is 0.350. The van der Waals surface area contributed by atoms with Gasteiger partial charge in [-0.3, -0.25) is 4.79 Å². The molecule has 1 aliphatic heterocycles. The number of carbonyl (C=O) groups is 1. The summed E-state index contributed by atoms with van der Waals surface area (Å²) in [5, 5.41) is 0. The molecular formula is C11H21NOS. The number of rotatable bonds is 4. The van der Waals surface area contributed by atoms with Gasteiger partial charge in [-0.2, -0.15) is 12.6 Å². The lowest BCUT2D eigenvalue weighted by atomic mass is 9.98. The number of thiol groups is 1. The third-order valence-corrected chi connectivity index (χ3v) is 3.41. The lowest BCUT2D eigenvalue weighted by Gasteiger charge is -2.20. The van der Waals surface area contributed by atoms with E-state index in [4.69, 9.17) is 0 Å². The van der Waals surface area contributed by atoms with Crippen LogP contribution >= 0.6 is 12.6 Å². The Kier molecular flexibility index (Phi) is 5.38. The maximum absolute atomic E-state index is 11.7. The van der Waals surface area contributed by atoms with Gasteiger partial charge in [-0.15, -0.1) is 0 Å². The van der Waals surface area contributed by atoms with Crippen molar-refractivity contribution >= 4 is 18.5 Å². The average molecular weight is 215 g/mol. The average Bonchev–Trinajstić information content (AvgIpc) is 2.38. The summed E-state index contributed by atoms with van der Waals surface area (Å²) in [6.07, 6.45) is 5.27. The Morgan fingerprint density at radius 1 is 1.50 bits per heavy atom. The van der Waals surface area contributed by atoms with Crippen LogP contribution in [0.1, 0.15) is 39.0 Å². The number of likely N-dealkylation sites (tertiary alicyclic amines) is 1. The van der Waals surface area contributed by atoms with E-state index in [1.807, 2.05) is 4.90 Å². The molecule has 0 aromatic heterocycles. The van der Waals surface area contributed by atoms with Crippen LogP contribution in [0.4, 0.5) is 0 Å². The molecule has 1 fully saturated rings. The zero-order valence-corrected chi connectivity index (χ0v) is 9.93. The van der Waals surface area contributed by atoms with Crippen molar-refractivity contribution in [3.8, 4) is 0 Å². The predicted molar refractivity (Wildman–Crippen MR) is 62.7 cm³/mol. The highest BCUT2D eigenvalue weighted by Gasteiger charge is 2.20. The van der Waals surface area contributed by atoms with Crippen LogP contribution in [-0.2, 0) is 4.79 Å². The van der Waals surface area contributed by atoms with Crippen molar-refractivity contribution in [1.29, 1.82) is 0 Å². The molecule has 82 valence electrons. The van der Waals surface area contributed by atoms with Gasteiger partial charge in [0.15, 0.2) is 0 Å². The Morgan fingerprint density at radius 2 is 2.29 bits per heavy atom. The normalized spacial score (nSPS) is 23.7. The minimum Gasteiger partial charge on any atom is -0.343 e. The molecule has 1 amide bonds. The number of carbonyl (C=O) groups excluding carboxylic acids is 1. The van der Waals surface area contributed by atoms with Gasteiger partial charge in [0.25, 0.3) is 0 Å². The summed E-state index contributed by atoms with van der Waals surface area (Å²) in [4.78, 5) is 13.7. The molecule has 2 nitrogen and oxygen atoms in total. The monoisotopic (exact) mass is 215 g/mol. The van der Waals surface area contributed by atoms with Gasteiger partial charge >= 0.3 is 0 Å². The molecule has 1 saturated heterocycles. The first-order chi connectivity index (χ1) is 6.77. The molecule has 0 bridgehead atoms. The van der Waals surface area contributed by atoms with E-state index in [0.717, 1.165) is 44.0 Å². The van der Waals surface area contributed by atoms with E-state index in [2.05, 4.69) is 19.6 Å². The first-order valence-electron chi connectivity index (χ1n) is 5.66. The summed E-state index contributed by atoms with van der Waals surface area (Å²) in [6, 6.07) is 0. The van der Waals surface area contributed by atoms with E-state index in [0.29, 0.717) is 5.91 Å². The molecule has 0 spiro atoms. The van der Waals surface area contributed by atoms with E-state index in [9.17, 15) is 4.79 Å². The Bertz CT molecular complexity index is 184. The SMILES string of the molecule is CCC1CCC(=O)N(CCCS)CC1. The molecule has 1 atom stereocenters. The molecule has 0 N–H and O–H groups in total. The van der Waals surface area contributed by atoms with Crippen molar-refractivity contribution in [3.63, 3.8) is 0 Å². The maximum atomic E-state index is 11.7. The van der Waals surface area contributed by atoms with Gasteiger partial charge in [-0.1, -0.05) is 13.3 Å². The van der Waals surface area contributed by atoms with E-state index in [1.165, 1.54) is 12.8 Å². The van der Waals surface area contributed by atoms with E-state index in [1.54, 1.807) is 0 Å². The van der Waals surface area contributed by atoms with Crippen LogP contribution in [0.3, 0.4) is 0 Å². The fourth-order valence-corrected chi connectivity index (χ4v) is 2.14. The maximum Gasteiger partial charge on any atom is 0.222 e. The summed E-state index contributed by atoms with van der Waals surface area (Å²) in [7, 11) is 0. The molecule has 1 aliphatic rings. The lowest BCUT2D eigenvalue weighted by Crippen LogP contribution is -2.31.